The van der Waals surface area contributed by atoms with Crippen LogP contribution in [0.1, 0.15) is 26.3 Å². The van der Waals surface area contributed by atoms with Crippen molar-refractivity contribution in [3.63, 3.8) is 0 Å². The van der Waals surface area contributed by atoms with Crippen molar-refractivity contribution in [1.29, 1.82) is 0 Å². The Hall–Kier alpha value is -2.83. The molecule has 0 atom stereocenters. The maximum absolute atomic E-state index is 11.9. The number of carbonyl (C=O) groups excluding carboxylic acids is 3. The minimum absolute atomic E-state index is 0.276. The molecule has 7 heteroatoms. The summed E-state index contributed by atoms with van der Waals surface area (Å²) >= 11 is 0. The van der Waals surface area contributed by atoms with Gasteiger partial charge in [-0.05, 0) is 24.6 Å². The Labute approximate surface area is 133 Å². The summed E-state index contributed by atoms with van der Waals surface area (Å²) < 4.78 is 15.0. The van der Waals surface area contributed by atoms with E-state index >= 15 is 0 Å². The Morgan fingerprint density at radius 2 is 1.83 bits per heavy atom. The average molecular weight is 319 g/mol. The molecule has 0 aliphatic carbocycles. The van der Waals surface area contributed by atoms with Crippen molar-refractivity contribution in [3.8, 4) is 5.75 Å². The second-order valence-electron chi connectivity index (χ2n) is 5.47. The third kappa shape index (κ3) is 4.09. The number of nitrogens with one attached hydrogen (secondary N) is 1. The van der Waals surface area contributed by atoms with Crippen molar-refractivity contribution >= 4 is 23.6 Å². The van der Waals surface area contributed by atoms with Gasteiger partial charge >= 0.3 is 17.9 Å². The fourth-order valence-corrected chi connectivity index (χ4v) is 1.93. The Morgan fingerprint density at radius 3 is 2.39 bits per heavy atom. The fraction of sp³-hybridized carbons (Fsp3) is 0.312. The summed E-state index contributed by atoms with van der Waals surface area (Å²) in [5.74, 6) is -3.08. The van der Waals surface area contributed by atoms with Gasteiger partial charge in [0.15, 0.2) is 11.3 Å². The van der Waals surface area contributed by atoms with Gasteiger partial charge < -0.3 is 19.5 Å². The quantitative estimate of drug-likeness (QED) is 0.394. The molecule has 7 nitrogen and oxygen atoms in total. The molecule has 1 heterocycles. The number of ether oxygens (including phenoxy) is 3. The molecule has 0 bridgehead atoms. The van der Waals surface area contributed by atoms with Crippen molar-refractivity contribution in [1.82, 2.24) is 0 Å². The number of hydrogen-bond acceptors (Lipinski definition) is 7. The van der Waals surface area contributed by atoms with Gasteiger partial charge in [-0.25, -0.2) is 9.59 Å². The number of benzene rings is 1. The molecule has 0 aromatic heterocycles. The van der Waals surface area contributed by atoms with Gasteiger partial charge in [0, 0.05) is 27.0 Å². The van der Waals surface area contributed by atoms with Gasteiger partial charge in [-0.15, -0.1) is 0 Å². The molecule has 2 rings (SSSR count). The zero-order valence-corrected chi connectivity index (χ0v) is 13.3. The van der Waals surface area contributed by atoms with E-state index < -0.39 is 23.7 Å². The van der Waals surface area contributed by atoms with E-state index in [0.717, 1.165) is 5.56 Å². The maximum Gasteiger partial charge on any atom is 0.350 e. The van der Waals surface area contributed by atoms with Crippen LogP contribution >= 0.6 is 0 Å². The zero-order chi connectivity index (χ0) is 17.2. The van der Waals surface area contributed by atoms with E-state index in [1.165, 1.54) is 27.0 Å². The molecular weight excluding hydrogens is 302 g/mol. The monoisotopic (exact) mass is 319 g/mol. The van der Waals surface area contributed by atoms with Crippen LogP contribution in [0.4, 0.5) is 5.69 Å². The molecular formula is C16H17NO6. The molecule has 0 spiro atoms. The number of esters is 3. The average Bonchev–Trinajstić information content (AvgIpc) is 2.38. The van der Waals surface area contributed by atoms with Crippen molar-refractivity contribution in [2.24, 2.45) is 0 Å². The van der Waals surface area contributed by atoms with Crippen molar-refractivity contribution in [3.05, 3.63) is 35.5 Å². The molecule has 1 aliphatic rings. The number of aryl methyl sites for hydroxylation is 1. The highest BCUT2D eigenvalue weighted by Gasteiger charge is 2.38. The molecule has 1 aromatic rings. The Morgan fingerprint density at radius 1 is 1.22 bits per heavy atom. The SMILES string of the molecule is CC(=O)Oc1ccc(C)cc1NC=C1C(=O)OC(C)(C)OC1=O. The minimum atomic E-state index is -1.29. The van der Waals surface area contributed by atoms with Crippen molar-refractivity contribution < 1.29 is 28.6 Å². The molecule has 1 fully saturated rings. The highest BCUT2D eigenvalue weighted by atomic mass is 16.7. The summed E-state index contributed by atoms with van der Waals surface area (Å²) in [5, 5.41) is 2.78. The van der Waals surface area contributed by atoms with Gasteiger partial charge in [0.05, 0.1) is 5.69 Å². The summed E-state index contributed by atoms with van der Waals surface area (Å²) in [4.78, 5) is 34.8. The second-order valence-corrected chi connectivity index (χ2v) is 5.47. The van der Waals surface area contributed by atoms with Crippen LogP contribution in [0, 0.1) is 6.92 Å². The summed E-state index contributed by atoms with van der Waals surface area (Å²) in [6.07, 6.45) is 1.17. The number of anilines is 1. The van der Waals surface area contributed by atoms with Gasteiger partial charge in [0.1, 0.15) is 0 Å². The van der Waals surface area contributed by atoms with Crippen LogP contribution in [0.15, 0.2) is 30.0 Å². The third-order valence-corrected chi connectivity index (χ3v) is 2.88. The van der Waals surface area contributed by atoms with Crippen LogP contribution in [-0.4, -0.2) is 23.7 Å². The molecule has 1 aliphatic heterocycles. The first-order valence-electron chi connectivity index (χ1n) is 6.90. The van der Waals surface area contributed by atoms with Gasteiger partial charge in [-0.3, -0.25) is 4.79 Å². The number of carbonyl (C=O) groups is 3. The lowest BCUT2D eigenvalue weighted by Gasteiger charge is -2.29. The number of hydrogen-bond donors (Lipinski definition) is 1. The van der Waals surface area contributed by atoms with E-state index in [2.05, 4.69) is 5.32 Å². The number of rotatable bonds is 3. The molecule has 1 N–H and O–H groups in total. The van der Waals surface area contributed by atoms with Crippen LogP contribution < -0.4 is 10.1 Å². The van der Waals surface area contributed by atoms with E-state index in [0.29, 0.717) is 5.69 Å². The zero-order valence-electron chi connectivity index (χ0n) is 13.3. The first kappa shape index (κ1) is 16.5. The van der Waals surface area contributed by atoms with Gasteiger partial charge in [-0.2, -0.15) is 0 Å². The van der Waals surface area contributed by atoms with Crippen molar-refractivity contribution in [2.45, 2.75) is 33.5 Å². The summed E-state index contributed by atoms with van der Waals surface area (Å²) in [7, 11) is 0. The number of cyclic esters (lactones) is 2. The standard InChI is InChI=1S/C16H17NO6/c1-9-5-6-13(21-10(2)18)12(7-9)17-8-11-14(19)22-16(3,4)23-15(11)20/h5-8,17H,1-4H3. The van der Waals surface area contributed by atoms with Gasteiger partial charge in [0.2, 0.25) is 0 Å². The fourth-order valence-electron chi connectivity index (χ4n) is 1.93. The smallest absolute Gasteiger partial charge is 0.350 e. The third-order valence-electron chi connectivity index (χ3n) is 2.88. The Balaban J connectivity index is 2.26. The molecule has 0 radical (unpaired) electrons. The topological polar surface area (TPSA) is 90.9 Å². The summed E-state index contributed by atoms with van der Waals surface area (Å²) in [6.45, 7) is 6.06. The van der Waals surface area contributed by atoms with Crippen LogP contribution in [0.5, 0.6) is 5.75 Å². The van der Waals surface area contributed by atoms with E-state index in [9.17, 15) is 14.4 Å². The van der Waals surface area contributed by atoms with Crippen molar-refractivity contribution in [2.75, 3.05) is 5.32 Å². The molecule has 0 amide bonds. The highest BCUT2D eigenvalue weighted by Crippen LogP contribution is 2.27. The lowest BCUT2D eigenvalue weighted by molar-refractivity contribution is -0.222. The van der Waals surface area contributed by atoms with E-state index in [-0.39, 0.29) is 11.3 Å². The predicted octanol–water partition coefficient (Wildman–Crippen LogP) is 2.05. The molecule has 1 saturated heterocycles. The van der Waals surface area contributed by atoms with Crippen LogP contribution in [0.3, 0.4) is 0 Å². The van der Waals surface area contributed by atoms with E-state index in [4.69, 9.17) is 14.2 Å². The first-order chi connectivity index (χ1) is 10.7. The molecule has 122 valence electrons. The van der Waals surface area contributed by atoms with E-state index in [1.54, 1.807) is 18.2 Å². The maximum atomic E-state index is 11.9. The first-order valence-corrected chi connectivity index (χ1v) is 6.90. The Bertz CT molecular complexity index is 683. The summed E-state index contributed by atoms with van der Waals surface area (Å²) in [6, 6.07) is 5.08. The molecule has 0 saturated carbocycles. The Kier molecular flexibility index (Phi) is 4.40. The minimum Gasteiger partial charge on any atom is -0.424 e. The second kappa shape index (κ2) is 6.12. The van der Waals surface area contributed by atoms with Crippen LogP contribution in [0.25, 0.3) is 0 Å². The lowest BCUT2D eigenvalue weighted by Crippen LogP contribution is -2.42. The van der Waals surface area contributed by atoms with Gasteiger partial charge in [-0.1, -0.05) is 6.07 Å². The van der Waals surface area contributed by atoms with E-state index in [1.807, 2.05) is 6.92 Å². The predicted molar refractivity (Wildman–Crippen MR) is 80.5 cm³/mol. The normalized spacial score (nSPS) is 16.3. The van der Waals surface area contributed by atoms with Gasteiger partial charge in [0.25, 0.3) is 5.79 Å². The van der Waals surface area contributed by atoms with Crippen LogP contribution in [-0.2, 0) is 23.9 Å². The molecule has 0 unspecified atom stereocenters. The largest absolute Gasteiger partial charge is 0.424 e. The molecule has 1 aromatic carbocycles. The highest BCUT2D eigenvalue weighted by molar-refractivity contribution is 6.15. The van der Waals surface area contributed by atoms with Crippen LogP contribution in [0.2, 0.25) is 0 Å². The molecule has 23 heavy (non-hydrogen) atoms. The summed E-state index contributed by atoms with van der Waals surface area (Å²) in [5.41, 5.74) is 1.05. The lowest BCUT2D eigenvalue weighted by atomic mass is 10.2.